The molecule has 16 heavy (non-hydrogen) atoms. The Morgan fingerprint density at radius 3 is 2.38 bits per heavy atom. The molecule has 0 saturated heterocycles. The minimum Gasteiger partial charge on any atom is -0.481 e. The van der Waals surface area contributed by atoms with Gasteiger partial charge in [-0.05, 0) is 20.3 Å². The van der Waals surface area contributed by atoms with Gasteiger partial charge in [0.1, 0.15) is 0 Å². The summed E-state index contributed by atoms with van der Waals surface area (Å²) in [6.45, 7) is 3.72. The van der Waals surface area contributed by atoms with E-state index in [2.05, 4.69) is 5.32 Å². The number of aliphatic hydroxyl groups is 1. The topological polar surface area (TPSA) is 89.9 Å². The first kappa shape index (κ1) is 14.7. The molecule has 0 radical (unpaired) electrons. The van der Waals surface area contributed by atoms with Crippen molar-refractivity contribution in [3.63, 3.8) is 0 Å². The third kappa shape index (κ3) is 7.05. The minimum atomic E-state index is -0.945. The molecule has 0 aromatic rings. The van der Waals surface area contributed by atoms with Gasteiger partial charge in [0.25, 0.3) is 0 Å². The van der Waals surface area contributed by atoms with Gasteiger partial charge in [-0.25, -0.2) is 4.79 Å². The number of rotatable bonds is 6. The van der Waals surface area contributed by atoms with Crippen LogP contribution in [0.2, 0.25) is 0 Å². The SMILES string of the molecule is CC(O)CCN(C)C(=O)NC(C)CC(=O)O. The average Bonchev–Trinajstić information content (AvgIpc) is 2.12. The summed E-state index contributed by atoms with van der Waals surface area (Å²) in [5.41, 5.74) is 0. The molecular weight excluding hydrogens is 212 g/mol. The molecule has 2 amide bonds. The first-order valence-corrected chi connectivity index (χ1v) is 5.24. The van der Waals surface area contributed by atoms with Gasteiger partial charge >= 0.3 is 12.0 Å². The van der Waals surface area contributed by atoms with E-state index < -0.39 is 18.1 Å². The monoisotopic (exact) mass is 232 g/mol. The van der Waals surface area contributed by atoms with Crippen LogP contribution in [0.15, 0.2) is 0 Å². The van der Waals surface area contributed by atoms with Gasteiger partial charge in [-0.15, -0.1) is 0 Å². The van der Waals surface area contributed by atoms with Crippen molar-refractivity contribution < 1.29 is 19.8 Å². The molecule has 0 aliphatic heterocycles. The van der Waals surface area contributed by atoms with Crippen molar-refractivity contribution in [2.45, 2.75) is 38.8 Å². The lowest BCUT2D eigenvalue weighted by molar-refractivity contribution is -0.137. The molecule has 6 nitrogen and oxygen atoms in total. The smallest absolute Gasteiger partial charge is 0.317 e. The Balaban J connectivity index is 3.90. The highest BCUT2D eigenvalue weighted by Crippen LogP contribution is 1.96. The summed E-state index contributed by atoms with van der Waals surface area (Å²) in [4.78, 5) is 23.3. The molecule has 0 spiro atoms. The van der Waals surface area contributed by atoms with Gasteiger partial charge in [-0.3, -0.25) is 4.79 Å². The van der Waals surface area contributed by atoms with Crippen molar-refractivity contribution in [2.75, 3.05) is 13.6 Å². The van der Waals surface area contributed by atoms with Crippen molar-refractivity contribution in [1.82, 2.24) is 10.2 Å². The van der Waals surface area contributed by atoms with Crippen LogP contribution < -0.4 is 5.32 Å². The van der Waals surface area contributed by atoms with Crippen LogP contribution in [0.3, 0.4) is 0 Å². The molecule has 3 N–H and O–H groups in total. The van der Waals surface area contributed by atoms with Gasteiger partial charge in [-0.1, -0.05) is 0 Å². The summed E-state index contributed by atoms with van der Waals surface area (Å²) >= 11 is 0. The van der Waals surface area contributed by atoms with Crippen LogP contribution in [-0.2, 0) is 4.79 Å². The van der Waals surface area contributed by atoms with Crippen molar-refractivity contribution in [1.29, 1.82) is 0 Å². The van der Waals surface area contributed by atoms with Crippen LogP contribution in [0.4, 0.5) is 4.79 Å². The molecule has 0 aromatic heterocycles. The van der Waals surface area contributed by atoms with Crippen LogP contribution in [-0.4, -0.2) is 52.9 Å². The average molecular weight is 232 g/mol. The number of carbonyl (C=O) groups is 2. The number of amides is 2. The molecule has 0 bridgehead atoms. The predicted octanol–water partition coefficient (Wildman–Crippen LogP) is 0.262. The summed E-state index contributed by atoms with van der Waals surface area (Å²) in [6.07, 6.45) is -0.0561. The van der Waals surface area contributed by atoms with Gasteiger partial charge in [-0.2, -0.15) is 0 Å². The van der Waals surface area contributed by atoms with Crippen LogP contribution >= 0.6 is 0 Å². The first-order valence-electron chi connectivity index (χ1n) is 5.24. The Hall–Kier alpha value is -1.30. The molecule has 0 rings (SSSR count). The lowest BCUT2D eigenvalue weighted by atomic mass is 10.2. The van der Waals surface area contributed by atoms with Gasteiger partial charge < -0.3 is 20.4 Å². The molecule has 2 unspecified atom stereocenters. The van der Waals surface area contributed by atoms with Gasteiger partial charge in [0.15, 0.2) is 0 Å². The fraction of sp³-hybridized carbons (Fsp3) is 0.800. The van der Waals surface area contributed by atoms with Crippen molar-refractivity contribution in [3.8, 4) is 0 Å². The molecule has 0 aliphatic carbocycles. The Kier molecular flexibility index (Phi) is 6.48. The Labute approximate surface area is 95.2 Å². The molecule has 0 saturated carbocycles. The van der Waals surface area contributed by atoms with E-state index in [-0.39, 0.29) is 12.5 Å². The molecule has 2 atom stereocenters. The highest BCUT2D eigenvalue weighted by molar-refractivity contribution is 5.75. The normalized spacial score (nSPS) is 14.0. The quantitative estimate of drug-likeness (QED) is 0.613. The van der Waals surface area contributed by atoms with Crippen LogP contribution in [0.5, 0.6) is 0 Å². The molecule has 0 fully saturated rings. The summed E-state index contributed by atoms with van der Waals surface area (Å²) in [7, 11) is 1.60. The maximum Gasteiger partial charge on any atom is 0.317 e. The molecule has 0 heterocycles. The number of hydrogen-bond acceptors (Lipinski definition) is 3. The zero-order valence-electron chi connectivity index (χ0n) is 9.93. The minimum absolute atomic E-state index is 0.101. The zero-order valence-corrected chi connectivity index (χ0v) is 9.93. The Bertz CT molecular complexity index is 243. The number of carboxylic acids is 1. The molecule has 6 heteroatoms. The fourth-order valence-electron chi connectivity index (χ4n) is 1.12. The molecule has 0 aliphatic rings. The number of nitrogens with one attached hydrogen (secondary N) is 1. The number of urea groups is 1. The molecular formula is C10H20N2O4. The van der Waals surface area contributed by atoms with E-state index in [4.69, 9.17) is 10.2 Å². The second kappa shape index (κ2) is 7.05. The summed E-state index contributed by atoms with van der Waals surface area (Å²) in [6, 6.07) is -0.728. The third-order valence-electron chi connectivity index (χ3n) is 2.08. The van der Waals surface area contributed by atoms with E-state index in [1.54, 1.807) is 20.9 Å². The second-order valence-corrected chi connectivity index (χ2v) is 4.01. The lowest BCUT2D eigenvalue weighted by Gasteiger charge is -2.21. The van der Waals surface area contributed by atoms with Gasteiger partial charge in [0.2, 0.25) is 0 Å². The summed E-state index contributed by atoms with van der Waals surface area (Å²) < 4.78 is 0. The van der Waals surface area contributed by atoms with E-state index in [1.165, 1.54) is 4.90 Å². The van der Waals surface area contributed by atoms with E-state index in [9.17, 15) is 9.59 Å². The van der Waals surface area contributed by atoms with Crippen molar-refractivity contribution >= 4 is 12.0 Å². The third-order valence-corrected chi connectivity index (χ3v) is 2.08. The highest BCUT2D eigenvalue weighted by Gasteiger charge is 2.14. The van der Waals surface area contributed by atoms with Crippen molar-refractivity contribution in [3.05, 3.63) is 0 Å². The van der Waals surface area contributed by atoms with E-state index in [1.807, 2.05) is 0 Å². The summed E-state index contributed by atoms with van der Waals surface area (Å²) in [5, 5.41) is 20.1. The number of carboxylic acid groups (broad SMARTS) is 1. The fourth-order valence-corrected chi connectivity index (χ4v) is 1.12. The predicted molar refractivity (Wildman–Crippen MR) is 59.2 cm³/mol. The number of hydrogen-bond donors (Lipinski definition) is 3. The Morgan fingerprint density at radius 1 is 1.38 bits per heavy atom. The second-order valence-electron chi connectivity index (χ2n) is 4.01. The maximum absolute atomic E-state index is 11.5. The van der Waals surface area contributed by atoms with Crippen LogP contribution in [0.1, 0.15) is 26.7 Å². The molecule has 0 aromatic carbocycles. The van der Waals surface area contributed by atoms with Gasteiger partial charge in [0, 0.05) is 19.6 Å². The number of aliphatic hydroxyl groups excluding tert-OH is 1. The molecule has 94 valence electrons. The Morgan fingerprint density at radius 2 is 1.94 bits per heavy atom. The zero-order chi connectivity index (χ0) is 12.7. The van der Waals surface area contributed by atoms with Crippen LogP contribution in [0.25, 0.3) is 0 Å². The number of carbonyl (C=O) groups excluding carboxylic acids is 1. The van der Waals surface area contributed by atoms with E-state index >= 15 is 0 Å². The van der Waals surface area contributed by atoms with E-state index in [0.717, 1.165) is 0 Å². The van der Waals surface area contributed by atoms with Crippen LogP contribution in [0, 0.1) is 0 Å². The summed E-state index contributed by atoms with van der Waals surface area (Å²) in [5.74, 6) is -0.945. The first-order chi connectivity index (χ1) is 7.32. The largest absolute Gasteiger partial charge is 0.481 e. The number of nitrogens with zero attached hydrogens (tertiary/aromatic N) is 1. The van der Waals surface area contributed by atoms with E-state index in [0.29, 0.717) is 13.0 Å². The van der Waals surface area contributed by atoms with Gasteiger partial charge in [0.05, 0.1) is 12.5 Å². The number of aliphatic carboxylic acids is 1. The highest BCUT2D eigenvalue weighted by atomic mass is 16.4. The standard InChI is InChI=1S/C10H20N2O4/c1-7(6-9(14)15)11-10(16)12(3)5-4-8(2)13/h7-8,13H,4-6H2,1-3H3,(H,11,16)(H,14,15). The maximum atomic E-state index is 11.5. The lowest BCUT2D eigenvalue weighted by Crippen LogP contribution is -2.43. The van der Waals surface area contributed by atoms with Crippen molar-refractivity contribution in [2.24, 2.45) is 0 Å².